The summed E-state index contributed by atoms with van der Waals surface area (Å²) in [4.78, 5) is 33.8. The topological polar surface area (TPSA) is 83.0 Å². The molecule has 0 radical (unpaired) electrons. The lowest BCUT2D eigenvalue weighted by atomic mass is 9.98. The van der Waals surface area contributed by atoms with Crippen LogP contribution in [0.2, 0.25) is 0 Å². The number of amides is 1. The first-order valence-corrected chi connectivity index (χ1v) is 13.6. The summed E-state index contributed by atoms with van der Waals surface area (Å²) in [7, 11) is 0. The van der Waals surface area contributed by atoms with Crippen molar-refractivity contribution in [2.45, 2.75) is 54.6 Å². The first kappa shape index (κ1) is 25.1. The van der Waals surface area contributed by atoms with Gasteiger partial charge in [0.05, 0.1) is 23.8 Å². The average Bonchev–Trinajstić information content (AvgIpc) is 3.31. The summed E-state index contributed by atoms with van der Waals surface area (Å²) in [6, 6.07) is 22.1. The molecule has 37 heavy (non-hydrogen) atoms. The molecular formula is C29H31N3O4S. The van der Waals surface area contributed by atoms with E-state index in [2.05, 4.69) is 36.1 Å². The van der Waals surface area contributed by atoms with E-state index in [-0.39, 0.29) is 24.6 Å². The van der Waals surface area contributed by atoms with Gasteiger partial charge in [0.2, 0.25) is 0 Å². The molecule has 1 unspecified atom stereocenters. The Hall–Kier alpha value is -3.52. The van der Waals surface area contributed by atoms with Gasteiger partial charge in [-0.1, -0.05) is 61.2 Å². The molecule has 1 amide bonds. The lowest BCUT2D eigenvalue weighted by Crippen LogP contribution is -2.46. The highest BCUT2D eigenvalue weighted by Gasteiger charge is 2.40. The van der Waals surface area contributed by atoms with Crippen LogP contribution in [0, 0.1) is 0 Å². The summed E-state index contributed by atoms with van der Waals surface area (Å²) in [5, 5.41) is 9.88. The number of carbonyl (C=O) groups excluding carboxylic acids is 1. The van der Waals surface area contributed by atoms with Gasteiger partial charge in [-0.3, -0.25) is 9.69 Å². The van der Waals surface area contributed by atoms with Crippen LogP contribution in [0.4, 0.5) is 10.5 Å². The molecule has 0 bridgehead atoms. The zero-order valence-electron chi connectivity index (χ0n) is 20.9. The van der Waals surface area contributed by atoms with Crippen molar-refractivity contribution in [1.82, 2.24) is 9.88 Å². The van der Waals surface area contributed by atoms with Crippen LogP contribution in [0.25, 0.3) is 0 Å². The quantitative estimate of drug-likeness (QED) is 0.417. The number of rotatable bonds is 8. The van der Waals surface area contributed by atoms with Crippen LogP contribution in [0.5, 0.6) is 0 Å². The van der Waals surface area contributed by atoms with E-state index in [4.69, 9.17) is 14.8 Å². The number of anilines is 1. The average molecular weight is 518 g/mol. The van der Waals surface area contributed by atoms with Crippen molar-refractivity contribution in [2.75, 3.05) is 24.6 Å². The zero-order valence-corrected chi connectivity index (χ0v) is 21.7. The van der Waals surface area contributed by atoms with Gasteiger partial charge in [-0.05, 0) is 54.7 Å². The highest BCUT2D eigenvalue weighted by atomic mass is 32.2. The number of aromatic nitrogens is 1. The minimum Gasteiger partial charge on any atom is -0.481 e. The van der Waals surface area contributed by atoms with Crippen LogP contribution in [0.1, 0.15) is 42.6 Å². The normalized spacial score (nSPS) is 18.2. The Labute approximate surface area is 221 Å². The van der Waals surface area contributed by atoms with E-state index in [1.807, 2.05) is 47.4 Å². The van der Waals surface area contributed by atoms with Crippen LogP contribution >= 0.6 is 11.8 Å². The van der Waals surface area contributed by atoms with Gasteiger partial charge in [0.15, 0.2) is 0 Å². The van der Waals surface area contributed by atoms with Gasteiger partial charge >= 0.3 is 12.1 Å². The van der Waals surface area contributed by atoms with E-state index < -0.39 is 5.97 Å². The van der Waals surface area contributed by atoms with Gasteiger partial charge < -0.3 is 14.7 Å². The maximum absolute atomic E-state index is 12.6. The summed E-state index contributed by atoms with van der Waals surface area (Å²) < 4.78 is 5.45. The fourth-order valence-electron chi connectivity index (χ4n) is 5.20. The van der Waals surface area contributed by atoms with E-state index in [1.54, 1.807) is 11.8 Å². The van der Waals surface area contributed by atoms with Crippen LogP contribution in [0.15, 0.2) is 76.7 Å². The SMILES string of the molecule is CCc1nc(Sc2ccc(CC(=O)O)cc2)ccc1N1CCC(N2C(=O)OCC2c2ccccc2)CC1. The van der Waals surface area contributed by atoms with Crippen LogP contribution in [-0.2, 0) is 22.4 Å². The summed E-state index contributed by atoms with van der Waals surface area (Å²) in [5.41, 5.74) is 4.13. The Morgan fingerprint density at radius 2 is 1.78 bits per heavy atom. The Morgan fingerprint density at radius 1 is 1.05 bits per heavy atom. The van der Waals surface area contributed by atoms with Crippen LogP contribution < -0.4 is 4.90 Å². The third-order valence-electron chi connectivity index (χ3n) is 7.05. The number of cyclic esters (lactones) is 1. The third-order valence-corrected chi connectivity index (χ3v) is 8.00. The molecule has 192 valence electrons. The molecule has 3 heterocycles. The number of aliphatic carboxylic acids is 1. The van der Waals surface area contributed by atoms with Crippen molar-refractivity contribution in [3.05, 3.63) is 83.6 Å². The predicted molar refractivity (Wildman–Crippen MR) is 143 cm³/mol. The molecule has 2 aliphatic heterocycles. The molecule has 3 aromatic rings. The largest absolute Gasteiger partial charge is 0.481 e. The van der Waals surface area contributed by atoms with Gasteiger partial charge in [-0.25, -0.2) is 9.78 Å². The fourth-order valence-corrected chi connectivity index (χ4v) is 6.01. The summed E-state index contributed by atoms with van der Waals surface area (Å²) >= 11 is 1.58. The van der Waals surface area contributed by atoms with Crippen molar-refractivity contribution in [2.24, 2.45) is 0 Å². The minimum atomic E-state index is -0.828. The lowest BCUT2D eigenvalue weighted by molar-refractivity contribution is -0.136. The number of carbonyl (C=O) groups is 2. The molecule has 7 nitrogen and oxygen atoms in total. The Balaban J connectivity index is 1.24. The number of nitrogens with zero attached hydrogens (tertiary/aromatic N) is 3. The molecule has 8 heteroatoms. The van der Waals surface area contributed by atoms with Crippen molar-refractivity contribution < 1.29 is 19.4 Å². The van der Waals surface area contributed by atoms with E-state index in [1.165, 1.54) is 0 Å². The predicted octanol–water partition coefficient (Wildman–Crippen LogP) is 5.58. The highest BCUT2D eigenvalue weighted by molar-refractivity contribution is 7.99. The maximum atomic E-state index is 12.6. The van der Waals surface area contributed by atoms with Crippen LogP contribution in [0.3, 0.4) is 0 Å². The van der Waals surface area contributed by atoms with E-state index >= 15 is 0 Å². The lowest BCUT2D eigenvalue weighted by Gasteiger charge is -2.39. The van der Waals surface area contributed by atoms with Crippen LogP contribution in [-0.4, -0.2) is 52.8 Å². The molecule has 2 aliphatic rings. The second-order valence-electron chi connectivity index (χ2n) is 9.41. The van der Waals surface area contributed by atoms with Crippen molar-refractivity contribution in [3.8, 4) is 0 Å². The van der Waals surface area contributed by atoms with Gasteiger partial charge in [-0.15, -0.1) is 0 Å². The third kappa shape index (κ3) is 5.74. The molecule has 0 saturated carbocycles. The van der Waals surface area contributed by atoms with Crippen molar-refractivity contribution in [1.29, 1.82) is 0 Å². The van der Waals surface area contributed by atoms with Gasteiger partial charge in [0.25, 0.3) is 0 Å². The monoisotopic (exact) mass is 517 g/mol. The summed E-state index contributed by atoms with van der Waals surface area (Å²) in [6.45, 7) is 4.26. The number of carboxylic acid groups (broad SMARTS) is 1. The molecular weight excluding hydrogens is 486 g/mol. The first-order chi connectivity index (χ1) is 18.0. The molecule has 1 N–H and O–H groups in total. The maximum Gasteiger partial charge on any atom is 0.410 e. The van der Waals surface area contributed by atoms with Crippen molar-refractivity contribution in [3.63, 3.8) is 0 Å². The number of benzene rings is 2. The number of hydrogen-bond donors (Lipinski definition) is 1. The number of ether oxygens (including phenoxy) is 1. The first-order valence-electron chi connectivity index (χ1n) is 12.8. The Morgan fingerprint density at radius 3 is 2.46 bits per heavy atom. The number of pyridine rings is 1. The molecule has 1 aromatic heterocycles. The van der Waals surface area contributed by atoms with Crippen molar-refractivity contribution >= 4 is 29.5 Å². The molecule has 0 spiro atoms. The fraction of sp³-hybridized carbons (Fsp3) is 0.345. The van der Waals surface area contributed by atoms with Gasteiger partial charge in [0, 0.05) is 24.0 Å². The van der Waals surface area contributed by atoms with E-state index in [0.29, 0.717) is 6.61 Å². The van der Waals surface area contributed by atoms with Gasteiger partial charge in [0.1, 0.15) is 11.6 Å². The van der Waals surface area contributed by atoms with E-state index in [9.17, 15) is 9.59 Å². The number of carboxylic acids is 1. The zero-order chi connectivity index (χ0) is 25.8. The summed E-state index contributed by atoms with van der Waals surface area (Å²) in [5.74, 6) is -0.828. The molecule has 2 saturated heterocycles. The Kier molecular flexibility index (Phi) is 7.65. The number of hydrogen-bond acceptors (Lipinski definition) is 6. The molecule has 2 fully saturated rings. The molecule has 0 aliphatic carbocycles. The highest BCUT2D eigenvalue weighted by Crippen LogP contribution is 2.35. The number of piperidine rings is 1. The molecule has 5 rings (SSSR count). The second-order valence-corrected chi connectivity index (χ2v) is 10.5. The number of aryl methyl sites for hydroxylation is 1. The van der Waals surface area contributed by atoms with E-state index in [0.717, 1.165) is 64.8 Å². The summed E-state index contributed by atoms with van der Waals surface area (Å²) in [6.07, 6.45) is 2.43. The van der Waals surface area contributed by atoms with Gasteiger partial charge in [-0.2, -0.15) is 0 Å². The smallest absolute Gasteiger partial charge is 0.410 e. The molecule has 2 aromatic carbocycles. The Bertz CT molecular complexity index is 1240. The minimum absolute atomic E-state index is 0.0207. The standard InChI is InChI=1S/C29H31N3O4S/c1-2-24-25(12-13-27(30-24)37-23-10-8-20(9-11-23)18-28(33)34)31-16-14-22(15-17-31)32-26(19-36-29(32)35)21-6-4-3-5-7-21/h3-13,22,26H,2,14-19H2,1H3,(H,33,34). The second kappa shape index (κ2) is 11.3. The molecule has 1 atom stereocenters.